The average molecular weight is 438 g/mol. The van der Waals surface area contributed by atoms with Crippen molar-refractivity contribution in [1.29, 1.82) is 0 Å². The van der Waals surface area contributed by atoms with Crippen molar-refractivity contribution in [3.8, 4) is 0 Å². The van der Waals surface area contributed by atoms with Crippen LogP contribution in [-0.2, 0) is 14.3 Å². The normalized spacial score (nSPS) is 17.8. The Balaban J connectivity index is 2.35. The molecule has 0 fully saturated rings. The molecule has 2 N–H and O–H groups in total. The first-order chi connectivity index (χ1) is 13.6. The molecule has 0 saturated heterocycles. The fourth-order valence-corrected chi connectivity index (χ4v) is 3.44. The lowest BCUT2D eigenvalue weighted by Crippen LogP contribution is -2.47. The molecule has 1 aromatic rings. The van der Waals surface area contributed by atoms with Crippen molar-refractivity contribution in [3.05, 3.63) is 41.1 Å². The zero-order chi connectivity index (χ0) is 21.7. The van der Waals surface area contributed by atoms with Crippen LogP contribution >= 0.6 is 23.8 Å². The fourth-order valence-electron chi connectivity index (χ4n) is 3.00. The van der Waals surface area contributed by atoms with Gasteiger partial charge in [0.05, 0.1) is 18.2 Å². The number of hydrogen-bond acceptors (Lipinski definition) is 4. The van der Waals surface area contributed by atoms with Crippen molar-refractivity contribution in [2.24, 2.45) is 5.92 Å². The van der Waals surface area contributed by atoms with E-state index in [1.54, 1.807) is 19.1 Å². The summed E-state index contributed by atoms with van der Waals surface area (Å²) < 4.78 is 5.52. The molecule has 0 radical (unpaired) electrons. The summed E-state index contributed by atoms with van der Waals surface area (Å²) in [5.41, 5.74) is 2.79. The van der Waals surface area contributed by atoms with Crippen LogP contribution in [0.25, 0.3) is 0 Å². The largest absolute Gasteiger partial charge is 0.462 e. The predicted octanol–water partition coefficient (Wildman–Crippen LogP) is 3.98. The second kappa shape index (κ2) is 10.1. The quantitative estimate of drug-likeness (QED) is 0.382. The number of esters is 1. The van der Waals surface area contributed by atoms with E-state index in [1.807, 2.05) is 44.7 Å². The Morgan fingerprint density at radius 3 is 2.41 bits per heavy atom. The minimum absolute atomic E-state index is 0.241. The third-order valence-electron chi connectivity index (χ3n) is 4.55. The number of nitrogens with one attached hydrogen (secondary N) is 2. The van der Waals surface area contributed by atoms with Crippen LogP contribution in [0.2, 0.25) is 0 Å². The number of alkyl halides is 1. The smallest absolute Gasteiger partial charge is 0.338 e. The maximum atomic E-state index is 12.9. The SMILES string of the molecule is CCN1C(=S)NC(c2ccc(NC(=O)C(C)Cl)cc2)C(C(=O)OCC(C)C)=C1C. The number of rotatable bonds is 7. The van der Waals surface area contributed by atoms with E-state index in [-0.39, 0.29) is 17.8 Å². The first-order valence-corrected chi connectivity index (χ1v) is 10.5. The summed E-state index contributed by atoms with van der Waals surface area (Å²) in [6.45, 7) is 10.4. The number of hydrogen-bond donors (Lipinski definition) is 2. The standard InChI is InChI=1S/C21H28ClN3O3S/c1-6-25-14(5)17(20(27)28-11-12(2)3)18(24-21(25)29)15-7-9-16(10-8-15)23-19(26)13(4)22/h7-10,12-13,18H,6,11H2,1-5H3,(H,23,26)(H,24,29). The van der Waals surface area contributed by atoms with Crippen LogP contribution in [0.4, 0.5) is 5.69 Å². The molecule has 0 saturated carbocycles. The van der Waals surface area contributed by atoms with Crippen LogP contribution in [0.3, 0.4) is 0 Å². The van der Waals surface area contributed by atoms with E-state index >= 15 is 0 Å². The highest BCUT2D eigenvalue weighted by atomic mass is 35.5. The molecule has 0 spiro atoms. The molecule has 2 unspecified atom stereocenters. The first-order valence-electron chi connectivity index (χ1n) is 9.66. The lowest BCUT2D eigenvalue weighted by molar-refractivity contribution is -0.140. The molecule has 1 aliphatic rings. The fraction of sp³-hybridized carbons (Fsp3) is 0.476. The summed E-state index contributed by atoms with van der Waals surface area (Å²) in [7, 11) is 0. The molecule has 158 valence electrons. The van der Waals surface area contributed by atoms with Crippen LogP contribution in [-0.4, -0.2) is 40.4 Å². The van der Waals surface area contributed by atoms with Crippen molar-refractivity contribution < 1.29 is 14.3 Å². The maximum Gasteiger partial charge on any atom is 0.338 e. The number of ether oxygens (including phenoxy) is 1. The van der Waals surface area contributed by atoms with Crippen LogP contribution in [0.1, 0.15) is 46.2 Å². The Morgan fingerprint density at radius 1 is 1.28 bits per heavy atom. The second-order valence-corrected chi connectivity index (χ2v) is 8.39. The molecule has 8 heteroatoms. The molecule has 29 heavy (non-hydrogen) atoms. The van der Waals surface area contributed by atoms with Crippen LogP contribution in [0, 0.1) is 5.92 Å². The van der Waals surface area contributed by atoms with Crippen molar-refractivity contribution in [2.75, 3.05) is 18.5 Å². The van der Waals surface area contributed by atoms with E-state index in [2.05, 4.69) is 10.6 Å². The van der Waals surface area contributed by atoms with Gasteiger partial charge < -0.3 is 20.3 Å². The minimum atomic E-state index is -0.625. The molecule has 2 atom stereocenters. The van der Waals surface area contributed by atoms with Gasteiger partial charge in [-0.2, -0.15) is 0 Å². The van der Waals surface area contributed by atoms with E-state index in [9.17, 15) is 9.59 Å². The van der Waals surface area contributed by atoms with Gasteiger partial charge in [0.25, 0.3) is 0 Å². The van der Waals surface area contributed by atoms with E-state index in [4.69, 9.17) is 28.6 Å². The van der Waals surface area contributed by atoms with E-state index in [0.717, 1.165) is 11.3 Å². The molecule has 1 amide bonds. The predicted molar refractivity (Wildman–Crippen MR) is 120 cm³/mol. The van der Waals surface area contributed by atoms with Gasteiger partial charge in [-0.25, -0.2) is 4.79 Å². The number of anilines is 1. The highest BCUT2D eigenvalue weighted by molar-refractivity contribution is 7.80. The van der Waals surface area contributed by atoms with Gasteiger partial charge >= 0.3 is 5.97 Å². The third-order valence-corrected chi connectivity index (χ3v) is 5.09. The molecule has 0 bridgehead atoms. The lowest BCUT2D eigenvalue weighted by Gasteiger charge is -2.37. The zero-order valence-electron chi connectivity index (χ0n) is 17.4. The molecular formula is C21H28ClN3O3S. The molecule has 2 rings (SSSR count). The molecule has 6 nitrogen and oxygen atoms in total. The number of benzene rings is 1. The van der Waals surface area contributed by atoms with Gasteiger partial charge in [-0.3, -0.25) is 4.79 Å². The number of allylic oxidation sites excluding steroid dienone is 1. The van der Waals surface area contributed by atoms with Crippen LogP contribution in [0.5, 0.6) is 0 Å². The first kappa shape index (κ1) is 23.2. The van der Waals surface area contributed by atoms with Gasteiger partial charge in [0.1, 0.15) is 5.38 Å². The summed E-state index contributed by atoms with van der Waals surface area (Å²) in [5.74, 6) is -0.392. The van der Waals surface area contributed by atoms with Gasteiger partial charge in [0, 0.05) is 17.9 Å². The number of halogens is 1. The van der Waals surface area contributed by atoms with Gasteiger partial charge in [-0.15, -0.1) is 11.6 Å². The third kappa shape index (κ3) is 5.70. The summed E-state index contributed by atoms with van der Waals surface area (Å²) in [4.78, 5) is 26.5. The topological polar surface area (TPSA) is 70.7 Å². The molecule has 0 aliphatic carbocycles. The Hall–Kier alpha value is -2.12. The second-order valence-electron chi connectivity index (χ2n) is 7.35. The zero-order valence-corrected chi connectivity index (χ0v) is 19.0. The maximum absolute atomic E-state index is 12.9. The van der Waals surface area contributed by atoms with E-state index in [0.29, 0.717) is 29.5 Å². The minimum Gasteiger partial charge on any atom is -0.462 e. The Morgan fingerprint density at radius 2 is 1.90 bits per heavy atom. The molecule has 1 aliphatic heterocycles. The summed E-state index contributed by atoms with van der Waals surface area (Å²) in [6, 6.07) is 6.81. The van der Waals surface area contributed by atoms with Crippen molar-refractivity contribution in [2.45, 2.75) is 46.0 Å². The van der Waals surface area contributed by atoms with Gasteiger partial charge in [0.15, 0.2) is 5.11 Å². The number of amides is 1. The Labute approximate surface area is 182 Å². The van der Waals surface area contributed by atoms with E-state index < -0.39 is 11.4 Å². The van der Waals surface area contributed by atoms with Crippen molar-refractivity contribution in [1.82, 2.24) is 10.2 Å². The van der Waals surface area contributed by atoms with Gasteiger partial charge in [0.2, 0.25) is 5.91 Å². The van der Waals surface area contributed by atoms with Crippen LogP contribution in [0.15, 0.2) is 35.5 Å². The Kier molecular flexibility index (Phi) is 8.05. The number of nitrogens with zero attached hydrogens (tertiary/aromatic N) is 1. The Bertz CT molecular complexity index is 806. The van der Waals surface area contributed by atoms with Gasteiger partial charge in [-0.05, 0) is 56.6 Å². The van der Waals surface area contributed by atoms with Crippen LogP contribution < -0.4 is 10.6 Å². The van der Waals surface area contributed by atoms with E-state index in [1.165, 1.54) is 0 Å². The summed E-state index contributed by atoms with van der Waals surface area (Å²) in [5, 5.41) is 5.93. The number of carbonyl (C=O) groups excluding carboxylic acids is 2. The summed E-state index contributed by atoms with van der Waals surface area (Å²) >= 11 is 11.3. The molecular weight excluding hydrogens is 410 g/mol. The number of carbonyl (C=O) groups is 2. The highest BCUT2D eigenvalue weighted by Gasteiger charge is 2.34. The highest BCUT2D eigenvalue weighted by Crippen LogP contribution is 2.32. The van der Waals surface area contributed by atoms with Crippen molar-refractivity contribution in [3.63, 3.8) is 0 Å². The monoisotopic (exact) mass is 437 g/mol. The molecule has 1 aromatic carbocycles. The lowest BCUT2D eigenvalue weighted by atomic mass is 9.94. The summed E-state index contributed by atoms with van der Waals surface area (Å²) in [6.07, 6.45) is 0. The van der Waals surface area contributed by atoms with Crippen molar-refractivity contribution >= 4 is 46.5 Å². The van der Waals surface area contributed by atoms with Gasteiger partial charge in [-0.1, -0.05) is 26.0 Å². The molecule has 1 heterocycles. The molecule has 0 aromatic heterocycles. The average Bonchev–Trinajstić information content (AvgIpc) is 2.66. The number of thiocarbonyl (C=S) groups is 1.